The molecule has 6 nitrogen and oxygen atoms in total. The Labute approximate surface area is 213 Å². The Morgan fingerprint density at radius 1 is 1.17 bits per heavy atom. The number of hydrogen-bond donors (Lipinski definition) is 1. The molecule has 7 heteroatoms. The van der Waals surface area contributed by atoms with Crippen LogP contribution in [0.2, 0.25) is 0 Å². The van der Waals surface area contributed by atoms with Crippen LogP contribution in [0, 0.1) is 11.2 Å². The molecule has 1 spiro atoms. The molecule has 0 bridgehead atoms. The third-order valence-electron chi connectivity index (χ3n) is 7.31. The summed E-state index contributed by atoms with van der Waals surface area (Å²) in [6.07, 6.45) is 1.46. The molecule has 1 N–H and O–H groups in total. The first-order chi connectivity index (χ1) is 17.1. The number of carbonyl (C=O) groups excluding carboxylic acids is 2. The molecule has 0 saturated carbocycles. The Balaban J connectivity index is 1.53. The molecule has 0 aromatic heterocycles. The van der Waals surface area contributed by atoms with Gasteiger partial charge >= 0.3 is 0 Å². The maximum atomic E-state index is 13.8. The second-order valence-corrected chi connectivity index (χ2v) is 11.3. The van der Waals surface area contributed by atoms with Crippen LogP contribution in [-0.4, -0.2) is 66.5 Å². The summed E-state index contributed by atoms with van der Waals surface area (Å²) in [5.41, 5.74) is 1.01. The average Bonchev–Trinajstić information content (AvgIpc) is 3.08. The highest BCUT2D eigenvalue weighted by Gasteiger charge is 2.55. The van der Waals surface area contributed by atoms with Gasteiger partial charge in [0.05, 0.1) is 18.6 Å². The van der Waals surface area contributed by atoms with Gasteiger partial charge in [-0.1, -0.05) is 42.5 Å². The smallest absolute Gasteiger partial charge is 0.242 e. The molecule has 2 aliphatic rings. The first-order valence-electron chi connectivity index (χ1n) is 12.8. The number of hydrogen-bond acceptors (Lipinski definition) is 4. The molecule has 3 atom stereocenters. The SMILES string of the molecule is CN1CC(c2ccc(F)cc2)C2(CCCN(C(=O)[C@@H](COCc3ccccc3)NC(C)(C)C)C2)C1=O. The summed E-state index contributed by atoms with van der Waals surface area (Å²) in [6.45, 7) is 8.29. The molecule has 2 saturated heterocycles. The standard InChI is InChI=1S/C29H38FN3O3/c1-28(2,3)31-25(19-36-18-21-9-6-5-7-10-21)26(34)33-16-8-15-29(20-33)24(17-32(4)27(29)35)22-11-13-23(30)14-12-22/h5-7,9-14,24-25,31H,8,15-20H2,1-4H3/t24?,25-,29?/m1/s1. The number of piperidine rings is 1. The van der Waals surface area contributed by atoms with Crippen molar-refractivity contribution in [3.8, 4) is 0 Å². The van der Waals surface area contributed by atoms with Crippen molar-refractivity contribution in [3.63, 3.8) is 0 Å². The van der Waals surface area contributed by atoms with Crippen molar-refractivity contribution >= 4 is 11.8 Å². The minimum absolute atomic E-state index is 0.0442. The van der Waals surface area contributed by atoms with Gasteiger partial charge in [0.1, 0.15) is 11.9 Å². The van der Waals surface area contributed by atoms with E-state index in [-0.39, 0.29) is 35.7 Å². The van der Waals surface area contributed by atoms with Crippen molar-refractivity contribution in [3.05, 3.63) is 71.5 Å². The van der Waals surface area contributed by atoms with Gasteiger partial charge in [0.25, 0.3) is 0 Å². The average molecular weight is 496 g/mol. The van der Waals surface area contributed by atoms with Crippen molar-refractivity contribution < 1.29 is 18.7 Å². The molecular formula is C29H38FN3O3. The lowest BCUT2D eigenvalue weighted by Crippen LogP contribution is -2.59. The van der Waals surface area contributed by atoms with Gasteiger partial charge in [0.2, 0.25) is 11.8 Å². The molecule has 4 rings (SSSR count). The first kappa shape index (κ1) is 26.3. The molecule has 2 unspecified atom stereocenters. The van der Waals surface area contributed by atoms with Crippen LogP contribution in [0.25, 0.3) is 0 Å². The highest BCUT2D eigenvalue weighted by molar-refractivity contribution is 5.89. The fourth-order valence-corrected chi connectivity index (χ4v) is 5.70. The van der Waals surface area contributed by atoms with Crippen molar-refractivity contribution in [2.45, 2.75) is 57.7 Å². The Morgan fingerprint density at radius 3 is 2.53 bits per heavy atom. The molecular weight excluding hydrogens is 457 g/mol. The third-order valence-corrected chi connectivity index (χ3v) is 7.31. The van der Waals surface area contributed by atoms with Crippen LogP contribution in [0.5, 0.6) is 0 Å². The number of likely N-dealkylation sites (N-methyl/N-ethyl adjacent to an activating group) is 1. The van der Waals surface area contributed by atoms with Crippen LogP contribution < -0.4 is 5.32 Å². The number of nitrogens with zero attached hydrogens (tertiary/aromatic N) is 2. The molecule has 2 fully saturated rings. The predicted octanol–water partition coefficient (Wildman–Crippen LogP) is 3.96. The predicted molar refractivity (Wildman–Crippen MR) is 138 cm³/mol. The number of carbonyl (C=O) groups is 2. The fraction of sp³-hybridized carbons (Fsp3) is 0.517. The lowest BCUT2D eigenvalue weighted by atomic mass is 9.69. The van der Waals surface area contributed by atoms with E-state index in [1.807, 2.05) is 63.1 Å². The summed E-state index contributed by atoms with van der Waals surface area (Å²) in [7, 11) is 1.82. The molecule has 2 amide bonds. The first-order valence-corrected chi connectivity index (χ1v) is 12.8. The van der Waals surface area contributed by atoms with Crippen LogP contribution in [0.4, 0.5) is 4.39 Å². The quantitative estimate of drug-likeness (QED) is 0.632. The van der Waals surface area contributed by atoms with Crippen LogP contribution in [0.1, 0.15) is 50.7 Å². The van der Waals surface area contributed by atoms with Crippen molar-refractivity contribution in [1.82, 2.24) is 15.1 Å². The molecule has 194 valence electrons. The Bertz CT molecular complexity index is 1050. The number of nitrogens with one attached hydrogen (secondary N) is 1. The highest BCUT2D eigenvalue weighted by atomic mass is 19.1. The summed E-state index contributed by atoms with van der Waals surface area (Å²) in [5.74, 6) is -0.362. The van der Waals surface area contributed by atoms with Crippen LogP contribution in [0.3, 0.4) is 0 Å². The van der Waals surface area contributed by atoms with E-state index in [0.717, 1.165) is 17.5 Å². The summed E-state index contributed by atoms with van der Waals surface area (Å²) < 4.78 is 19.6. The zero-order valence-corrected chi connectivity index (χ0v) is 21.8. The largest absolute Gasteiger partial charge is 0.375 e. The zero-order chi connectivity index (χ0) is 25.9. The van der Waals surface area contributed by atoms with Gasteiger partial charge in [-0.05, 0) is 56.9 Å². The number of likely N-dealkylation sites (tertiary alicyclic amines) is 2. The zero-order valence-electron chi connectivity index (χ0n) is 21.8. The van der Waals surface area contributed by atoms with Crippen LogP contribution >= 0.6 is 0 Å². The van der Waals surface area contributed by atoms with Crippen molar-refractivity contribution in [1.29, 1.82) is 0 Å². The van der Waals surface area contributed by atoms with E-state index >= 15 is 0 Å². The van der Waals surface area contributed by atoms with E-state index in [1.165, 1.54) is 12.1 Å². The fourth-order valence-electron chi connectivity index (χ4n) is 5.70. The number of rotatable bonds is 7. The molecule has 36 heavy (non-hydrogen) atoms. The lowest BCUT2D eigenvalue weighted by Gasteiger charge is -2.43. The summed E-state index contributed by atoms with van der Waals surface area (Å²) >= 11 is 0. The Kier molecular flexibility index (Phi) is 7.81. The van der Waals surface area contributed by atoms with E-state index in [2.05, 4.69) is 5.32 Å². The lowest BCUT2D eigenvalue weighted by molar-refractivity contribution is -0.145. The minimum Gasteiger partial charge on any atom is -0.375 e. The van der Waals surface area contributed by atoms with E-state index in [0.29, 0.717) is 32.7 Å². The summed E-state index contributed by atoms with van der Waals surface area (Å²) in [4.78, 5) is 30.9. The van der Waals surface area contributed by atoms with E-state index < -0.39 is 11.5 Å². The van der Waals surface area contributed by atoms with E-state index in [1.54, 1.807) is 17.0 Å². The van der Waals surface area contributed by atoms with Crippen molar-refractivity contribution in [2.75, 3.05) is 33.3 Å². The highest BCUT2D eigenvalue weighted by Crippen LogP contribution is 2.49. The molecule has 2 aromatic rings. The number of halogens is 1. The molecule has 2 aliphatic heterocycles. The second kappa shape index (κ2) is 10.7. The number of benzene rings is 2. The monoisotopic (exact) mass is 495 g/mol. The van der Waals surface area contributed by atoms with Gasteiger partial charge in [-0.15, -0.1) is 0 Å². The van der Waals surface area contributed by atoms with Gasteiger partial charge in [-0.3, -0.25) is 14.9 Å². The van der Waals surface area contributed by atoms with Crippen molar-refractivity contribution in [2.24, 2.45) is 5.41 Å². The Morgan fingerprint density at radius 2 is 1.86 bits per heavy atom. The minimum atomic E-state index is -0.697. The maximum Gasteiger partial charge on any atom is 0.242 e. The van der Waals surface area contributed by atoms with Crippen LogP contribution in [-0.2, 0) is 20.9 Å². The van der Waals surface area contributed by atoms with Gasteiger partial charge in [-0.25, -0.2) is 4.39 Å². The maximum absolute atomic E-state index is 13.8. The Hall–Kier alpha value is -2.77. The van der Waals surface area contributed by atoms with E-state index in [9.17, 15) is 14.0 Å². The molecule has 2 heterocycles. The van der Waals surface area contributed by atoms with Gasteiger partial charge in [-0.2, -0.15) is 0 Å². The number of amides is 2. The van der Waals surface area contributed by atoms with Gasteiger partial charge in [0, 0.05) is 38.1 Å². The normalized spacial score (nSPS) is 23.4. The van der Waals surface area contributed by atoms with Gasteiger partial charge in [0.15, 0.2) is 0 Å². The van der Waals surface area contributed by atoms with Crippen LogP contribution in [0.15, 0.2) is 54.6 Å². The van der Waals surface area contributed by atoms with Gasteiger partial charge < -0.3 is 14.5 Å². The second-order valence-electron chi connectivity index (χ2n) is 11.3. The topological polar surface area (TPSA) is 61.9 Å². The third kappa shape index (κ3) is 5.79. The molecule has 0 aliphatic carbocycles. The van der Waals surface area contributed by atoms with E-state index in [4.69, 9.17) is 4.74 Å². The molecule has 0 radical (unpaired) electrons. The number of ether oxygens (including phenoxy) is 1. The summed E-state index contributed by atoms with van der Waals surface area (Å²) in [6, 6.07) is 15.8. The summed E-state index contributed by atoms with van der Waals surface area (Å²) in [5, 5.41) is 3.43. The molecule has 2 aromatic carbocycles.